The normalized spacial score (nSPS) is 10.1. The summed E-state index contributed by atoms with van der Waals surface area (Å²) in [6, 6.07) is 16.5. The van der Waals surface area contributed by atoms with Gasteiger partial charge in [0.15, 0.2) is 4.34 Å². The van der Waals surface area contributed by atoms with Gasteiger partial charge in [-0.3, -0.25) is 4.79 Å². The summed E-state index contributed by atoms with van der Waals surface area (Å²) in [5, 5.41) is 23.8. The molecule has 0 aliphatic heterocycles. The molecule has 0 spiro atoms. The van der Waals surface area contributed by atoms with Crippen molar-refractivity contribution >= 4 is 45.5 Å². The molecule has 28 heavy (non-hydrogen) atoms. The zero-order valence-corrected chi connectivity index (χ0v) is 16.6. The number of carbonyl (C=O) groups excluding carboxylic acids is 1. The van der Waals surface area contributed by atoms with Crippen LogP contribution in [0, 0.1) is 11.3 Å². The molecule has 7 nitrogen and oxygen atoms in total. The number of para-hydroxylation sites is 3. The third-order valence-corrected chi connectivity index (χ3v) is 5.46. The molecule has 0 atom stereocenters. The number of benzene rings is 2. The highest BCUT2D eigenvalue weighted by Gasteiger charge is 2.11. The van der Waals surface area contributed by atoms with E-state index in [2.05, 4.69) is 26.9 Å². The van der Waals surface area contributed by atoms with E-state index in [-0.39, 0.29) is 11.7 Å². The molecule has 2 N–H and O–H groups in total. The van der Waals surface area contributed by atoms with E-state index in [1.54, 1.807) is 24.3 Å². The van der Waals surface area contributed by atoms with Crippen LogP contribution in [0.5, 0.6) is 5.75 Å². The molecule has 0 aliphatic rings. The summed E-state index contributed by atoms with van der Waals surface area (Å²) in [5.74, 6) is 0.702. The number of anilines is 3. The number of rotatable bonds is 8. The molecular formula is C19H17N5O2S2. The molecule has 0 aliphatic carbocycles. The van der Waals surface area contributed by atoms with E-state index in [1.165, 1.54) is 23.1 Å². The maximum absolute atomic E-state index is 12.2. The Morgan fingerprint density at radius 2 is 1.93 bits per heavy atom. The molecular weight excluding hydrogens is 394 g/mol. The quantitative estimate of drug-likeness (QED) is 0.534. The number of nitriles is 1. The van der Waals surface area contributed by atoms with E-state index < -0.39 is 0 Å². The second-order valence-electron chi connectivity index (χ2n) is 5.42. The van der Waals surface area contributed by atoms with Crippen LogP contribution in [0.25, 0.3) is 0 Å². The lowest BCUT2D eigenvalue weighted by Gasteiger charge is -2.09. The molecule has 1 amide bonds. The Morgan fingerprint density at radius 3 is 2.71 bits per heavy atom. The molecule has 3 aromatic rings. The van der Waals surface area contributed by atoms with E-state index in [0.717, 1.165) is 11.4 Å². The van der Waals surface area contributed by atoms with Gasteiger partial charge in [0, 0.05) is 0 Å². The highest BCUT2D eigenvalue weighted by molar-refractivity contribution is 8.01. The predicted molar refractivity (Wildman–Crippen MR) is 111 cm³/mol. The van der Waals surface area contributed by atoms with Gasteiger partial charge in [-0.05, 0) is 31.2 Å². The van der Waals surface area contributed by atoms with Crippen molar-refractivity contribution in [3.05, 3.63) is 54.1 Å². The number of amides is 1. The standard InChI is InChI=1S/C19H17N5O2S2/c1-2-26-16-10-6-5-9-15(16)22-18-23-24-19(28-18)27-12-17(25)21-14-8-4-3-7-13(14)11-20/h3-10H,2,12H2,1H3,(H,21,25)(H,22,23). The summed E-state index contributed by atoms with van der Waals surface area (Å²) in [6.07, 6.45) is 0. The molecule has 0 radical (unpaired) electrons. The van der Waals surface area contributed by atoms with Gasteiger partial charge in [0.05, 0.1) is 29.3 Å². The van der Waals surface area contributed by atoms with E-state index in [9.17, 15) is 4.79 Å². The highest BCUT2D eigenvalue weighted by atomic mass is 32.2. The van der Waals surface area contributed by atoms with Crippen LogP contribution in [0.15, 0.2) is 52.9 Å². The van der Waals surface area contributed by atoms with Crippen LogP contribution in [0.2, 0.25) is 0 Å². The van der Waals surface area contributed by atoms with Crippen molar-refractivity contribution in [3.8, 4) is 11.8 Å². The number of nitrogens with zero attached hydrogens (tertiary/aromatic N) is 3. The van der Waals surface area contributed by atoms with Crippen molar-refractivity contribution in [2.45, 2.75) is 11.3 Å². The van der Waals surface area contributed by atoms with Crippen LogP contribution in [-0.2, 0) is 4.79 Å². The number of aromatic nitrogens is 2. The van der Waals surface area contributed by atoms with E-state index >= 15 is 0 Å². The minimum absolute atomic E-state index is 0.171. The Morgan fingerprint density at radius 1 is 1.18 bits per heavy atom. The fraction of sp³-hybridized carbons (Fsp3) is 0.158. The van der Waals surface area contributed by atoms with E-state index in [4.69, 9.17) is 10.00 Å². The number of nitrogens with one attached hydrogen (secondary N) is 2. The van der Waals surface area contributed by atoms with Crippen LogP contribution in [0.1, 0.15) is 12.5 Å². The van der Waals surface area contributed by atoms with Gasteiger partial charge < -0.3 is 15.4 Å². The smallest absolute Gasteiger partial charge is 0.234 e. The lowest BCUT2D eigenvalue weighted by Crippen LogP contribution is -2.14. The van der Waals surface area contributed by atoms with Crippen LogP contribution in [0.4, 0.5) is 16.5 Å². The molecule has 9 heteroatoms. The van der Waals surface area contributed by atoms with Gasteiger partial charge in [-0.15, -0.1) is 10.2 Å². The van der Waals surface area contributed by atoms with Crippen molar-refractivity contribution in [3.63, 3.8) is 0 Å². The first-order valence-corrected chi connectivity index (χ1v) is 10.2. The maximum atomic E-state index is 12.2. The van der Waals surface area contributed by atoms with Gasteiger partial charge in [-0.1, -0.05) is 47.4 Å². The van der Waals surface area contributed by atoms with Crippen LogP contribution >= 0.6 is 23.1 Å². The van der Waals surface area contributed by atoms with E-state index in [1.807, 2.05) is 31.2 Å². The number of thioether (sulfide) groups is 1. The Kier molecular flexibility index (Phi) is 6.84. The first-order valence-electron chi connectivity index (χ1n) is 8.43. The molecule has 0 saturated carbocycles. The molecule has 0 saturated heterocycles. The minimum atomic E-state index is -0.209. The Hall–Kier alpha value is -3.09. The third kappa shape index (κ3) is 5.22. The minimum Gasteiger partial charge on any atom is -0.492 e. The summed E-state index contributed by atoms with van der Waals surface area (Å²) in [5.41, 5.74) is 1.74. The van der Waals surface area contributed by atoms with Crippen LogP contribution < -0.4 is 15.4 Å². The summed E-state index contributed by atoms with van der Waals surface area (Å²) < 4.78 is 6.25. The second kappa shape index (κ2) is 9.73. The molecule has 0 unspecified atom stereocenters. The summed E-state index contributed by atoms with van der Waals surface area (Å²) >= 11 is 2.64. The lowest BCUT2D eigenvalue weighted by atomic mass is 10.2. The van der Waals surface area contributed by atoms with Crippen molar-refractivity contribution < 1.29 is 9.53 Å². The number of hydrogen-bond donors (Lipinski definition) is 2. The molecule has 1 heterocycles. The van der Waals surface area contributed by atoms with Gasteiger partial charge in [-0.25, -0.2) is 0 Å². The molecule has 1 aromatic heterocycles. The van der Waals surface area contributed by atoms with E-state index in [0.29, 0.717) is 27.3 Å². The topological polar surface area (TPSA) is 99.9 Å². The fourth-order valence-corrected chi connectivity index (χ4v) is 3.85. The van der Waals surface area contributed by atoms with Crippen LogP contribution in [-0.4, -0.2) is 28.5 Å². The Labute approximate surface area is 170 Å². The van der Waals surface area contributed by atoms with Gasteiger partial charge in [0.1, 0.15) is 11.8 Å². The van der Waals surface area contributed by atoms with Crippen molar-refractivity contribution in [1.29, 1.82) is 5.26 Å². The summed E-state index contributed by atoms with van der Waals surface area (Å²) in [4.78, 5) is 12.2. The number of ether oxygens (including phenoxy) is 1. The Balaban J connectivity index is 1.56. The fourth-order valence-electron chi connectivity index (χ4n) is 2.29. The van der Waals surface area contributed by atoms with Gasteiger partial charge in [0.25, 0.3) is 0 Å². The average molecular weight is 412 g/mol. The Bertz CT molecular complexity index is 1000. The highest BCUT2D eigenvalue weighted by Crippen LogP contribution is 2.31. The largest absolute Gasteiger partial charge is 0.492 e. The van der Waals surface area contributed by atoms with Gasteiger partial charge in [0.2, 0.25) is 11.0 Å². The average Bonchev–Trinajstić information content (AvgIpc) is 3.16. The molecule has 142 valence electrons. The number of hydrogen-bond acceptors (Lipinski definition) is 8. The zero-order chi connectivity index (χ0) is 19.8. The molecule has 0 bridgehead atoms. The summed E-state index contributed by atoms with van der Waals surface area (Å²) in [6.45, 7) is 2.50. The SMILES string of the molecule is CCOc1ccccc1Nc1nnc(SCC(=O)Nc2ccccc2C#N)s1. The van der Waals surface area contributed by atoms with Crippen molar-refractivity contribution in [2.75, 3.05) is 23.0 Å². The molecule has 3 rings (SSSR count). The van der Waals surface area contributed by atoms with Crippen molar-refractivity contribution in [2.24, 2.45) is 0 Å². The van der Waals surface area contributed by atoms with Gasteiger partial charge in [-0.2, -0.15) is 5.26 Å². The molecule has 0 fully saturated rings. The van der Waals surface area contributed by atoms with Crippen molar-refractivity contribution in [1.82, 2.24) is 10.2 Å². The maximum Gasteiger partial charge on any atom is 0.234 e. The van der Waals surface area contributed by atoms with Crippen LogP contribution in [0.3, 0.4) is 0 Å². The first kappa shape index (κ1) is 19.7. The zero-order valence-electron chi connectivity index (χ0n) is 15.0. The second-order valence-corrected chi connectivity index (χ2v) is 7.62. The number of carbonyl (C=O) groups is 1. The first-order chi connectivity index (χ1) is 13.7. The third-order valence-electron chi connectivity index (χ3n) is 3.48. The summed E-state index contributed by atoms with van der Waals surface area (Å²) in [7, 11) is 0. The molecule has 2 aromatic carbocycles. The lowest BCUT2D eigenvalue weighted by molar-refractivity contribution is -0.113. The monoisotopic (exact) mass is 411 g/mol. The van der Waals surface area contributed by atoms with Gasteiger partial charge >= 0.3 is 0 Å². The predicted octanol–water partition coefficient (Wildman–Crippen LogP) is 4.28.